The van der Waals surface area contributed by atoms with E-state index in [9.17, 15) is 29.4 Å². The van der Waals surface area contributed by atoms with E-state index in [0.29, 0.717) is 47.4 Å². The predicted octanol–water partition coefficient (Wildman–Crippen LogP) is 5.33. The zero-order chi connectivity index (χ0) is 40.4. The lowest BCUT2D eigenvalue weighted by Crippen LogP contribution is -2.52. The SMILES string of the molecule is O=C(NC(c1ccccc1)c1cccc(C(=O)NCc2ccc(C(=O)OCCCCNC[C@@H](O)c3ccc(O)c4[nH]c(=O)ccc34)cc2)c1)O[C@H]1CN2CCC1CC2. The second-order valence-electron chi connectivity index (χ2n) is 14.9. The molecule has 3 aliphatic heterocycles. The molecule has 8 rings (SSSR count). The third-order valence-electron chi connectivity index (χ3n) is 11.0. The highest BCUT2D eigenvalue weighted by Crippen LogP contribution is 2.31. The zero-order valence-corrected chi connectivity index (χ0v) is 32.2. The van der Waals surface area contributed by atoms with Crippen molar-refractivity contribution in [2.75, 3.05) is 39.3 Å². The van der Waals surface area contributed by atoms with Crippen LogP contribution in [0.25, 0.3) is 10.9 Å². The van der Waals surface area contributed by atoms with E-state index >= 15 is 0 Å². The Balaban J connectivity index is 0.842. The van der Waals surface area contributed by atoms with Crippen molar-refractivity contribution in [3.8, 4) is 5.75 Å². The number of pyridine rings is 1. The Morgan fingerprint density at radius 3 is 2.40 bits per heavy atom. The summed E-state index contributed by atoms with van der Waals surface area (Å²) in [6, 6.07) is 29.2. The number of hydrogen-bond donors (Lipinski definition) is 6. The molecule has 3 saturated heterocycles. The summed E-state index contributed by atoms with van der Waals surface area (Å²) in [4.78, 5) is 55.8. The summed E-state index contributed by atoms with van der Waals surface area (Å²) in [5.41, 5.74) is 3.81. The molecule has 0 aliphatic carbocycles. The standard InChI is InChI=1S/C45H49N5O8/c51-37-17-15-35(36-16-18-40(53)48-42(36)37)38(52)27-46-21-4-5-24-57-44(55)32-13-11-29(12-14-32)26-47-43(54)34-10-6-9-33(25-34)41(31-7-2-1-3-8-31)49-45(56)58-39-28-50-22-19-30(39)20-23-50/h1-3,6-18,25,30,38-39,41,46,51-52H,4-5,19-24,26-28H2,(H,47,54)(H,48,53)(H,49,56)/t38-,39+,41?/m1/s1. The zero-order valence-electron chi connectivity index (χ0n) is 32.2. The van der Waals surface area contributed by atoms with Gasteiger partial charge in [0.15, 0.2) is 0 Å². The number of aliphatic hydroxyl groups excluding tert-OH is 1. The first-order valence-corrected chi connectivity index (χ1v) is 19.8. The first-order valence-electron chi connectivity index (χ1n) is 19.8. The number of phenolic OH excluding ortho intramolecular Hbond substituents is 1. The number of fused-ring (bicyclic) bond motifs is 4. The summed E-state index contributed by atoms with van der Waals surface area (Å²) in [6.45, 7) is 4.21. The van der Waals surface area contributed by atoms with Crippen molar-refractivity contribution < 1.29 is 34.1 Å². The summed E-state index contributed by atoms with van der Waals surface area (Å²) in [6.07, 6.45) is 1.96. The van der Waals surface area contributed by atoms with Crippen LogP contribution in [0.5, 0.6) is 5.75 Å². The minimum atomic E-state index is -0.854. The van der Waals surface area contributed by atoms with Crippen LogP contribution in [-0.2, 0) is 16.0 Å². The van der Waals surface area contributed by atoms with E-state index < -0.39 is 24.2 Å². The first kappa shape index (κ1) is 40.2. The molecule has 6 N–H and O–H groups in total. The molecule has 58 heavy (non-hydrogen) atoms. The van der Waals surface area contributed by atoms with Crippen molar-refractivity contribution in [2.24, 2.45) is 5.92 Å². The molecular weight excluding hydrogens is 739 g/mol. The number of aromatic hydroxyl groups is 1. The summed E-state index contributed by atoms with van der Waals surface area (Å²) in [5.74, 6) is -0.391. The molecular formula is C45H49N5O8. The molecule has 13 nitrogen and oxygen atoms in total. The first-order chi connectivity index (χ1) is 28.2. The van der Waals surface area contributed by atoms with Crippen LogP contribution >= 0.6 is 0 Å². The summed E-state index contributed by atoms with van der Waals surface area (Å²) >= 11 is 0. The lowest BCUT2D eigenvalue weighted by Gasteiger charge is -2.43. The molecule has 3 aliphatic rings. The average molecular weight is 788 g/mol. The molecule has 3 atom stereocenters. The van der Waals surface area contributed by atoms with E-state index in [-0.39, 0.29) is 48.5 Å². The fraction of sp³-hybridized carbons (Fsp3) is 0.333. The quantitative estimate of drug-likeness (QED) is 0.0565. The van der Waals surface area contributed by atoms with Gasteiger partial charge in [-0.25, -0.2) is 9.59 Å². The number of phenols is 1. The number of alkyl carbamates (subject to hydrolysis) is 1. The number of ether oxygens (including phenoxy) is 2. The number of aromatic amines is 1. The van der Waals surface area contributed by atoms with E-state index in [2.05, 4.69) is 25.8 Å². The lowest BCUT2D eigenvalue weighted by molar-refractivity contribution is -0.0336. The highest BCUT2D eigenvalue weighted by atomic mass is 16.6. The van der Waals surface area contributed by atoms with Gasteiger partial charge in [-0.1, -0.05) is 60.7 Å². The number of aromatic nitrogens is 1. The third-order valence-corrected chi connectivity index (χ3v) is 11.0. The average Bonchev–Trinajstić information content (AvgIpc) is 3.25. The van der Waals surface area contributed by atoms with Crippen LogP contribution in [0.2, 0.25) is 0 Å². The number of piperidine rings is 3. The molecule has 2 bridgehead atoms. The number of nitrogens with zero attached hydrogens (tertiary/aromatic N) is 1. The van der Waals surface area contributed by atoms with Gasteiger partial charge >= 0.3 is 12.1 Å². The van der Waals surface area contributed by atoms with Gasteiger partial charge in [0.05, 0.1) is 29.8 Å². The normalized spacial score (nSPS) is 18.3. The number of unbranched alkanes of at least 4 members (excludes halogenated alkanes) is 1. The molecule has 1 unspecified atom stereocenters. The van der Waals surface area contributed by atoms with Gasteiger partial charge in [-0.15, -0.1) is 0 Å². The maximum absolute atomic E-state index is 13.3. The molecule has 2 amide bonds. The fourth-order valence-corrected chi connectivity index (χ4v) is 7.74. The van der Waals surface area contributed by atoms with E-state index in [1.54, 1.807) is 54.6 Å². The molecule has 13 heteroatoms. The van der Waals surface area contributed by atoms with E-state index in [4.69, 9.17) is 9.47 Å². The number of rotatable bonds is 16. The molecule has 0 radical (unpaired) electrons. The van der Waals surface area contributed by atoms with Crippen molar-refractivity contribution in [2.45, 2.75) is 50.5 Å². The largest absolute Gasteiger partial charge is 0.506 e. The van der Waals surface area contributed by atoms with Gasteiger partial charge in [0, 0.05) is 36.7 Å². The molecule has 5 aromatic rings. The lowest BCUT2D eigenvalue weighted by atomic mass is 9.86. The van der Waals surface area contributed by atoms with Gasteiger partial charge in [0.2, 0.25) is 5.56 Å². The van der Waals surface area contributed by atoms with Crippen LogP contribution in [0.1, 0.15) is 80.8 Å². The Bertz CT molecular complexity index is 2260. The molecule has 0 spiro atoms. The van der Waals surface area contributed by atoms with Crippen molar-refractivity contribution in [1.29, 1.82) is 0 Å². The minimum absolute atomic E-state index is 0.0624. The monoisotopic (exact) mass is 787 g/mol. The highest BCUT2D eigenvalue weighted by molar-refractivity contribution is 5.94. The number of benzene rings is 4. The smallest absolute Gasteiger partial charge is 0.408 e. The Hall–Kier alpha value is -6.02. The van der Waals surface area contributed by atoms with Crippen LogP contribution in [0, 0.1) is 5.92 Å². The Labute approximate surface area is 336 Å². The summed E-state index contributed by atoms with van der Waals surface area (Å²) in [7, 11) is 0. The number of carbonyl (C=O) groups excluding carboxylic acids is 3. The van der Waals surface area contributed by atoms with Gasteiger partial charge in [-0.2, -0.15) is 0 Å². The molecule has 3 fully saturated rings. The van der Waals surface area contributed by atoms with Crippen LogP contribution in [-0.4, -0.2) is 83.5 Å². The van der Waals surface area contributed by atoms with Crippen molar-refractivity contribution in [3.63, 3.8) is 0 Å². The van der Waals surface area contributed by atoms with Crippen LogP contribution in [0.3, 0.4) is 0 Å². The topological polar surface area (TPSA) is 182 Å². The molecule has 0 saturated carbocycles. The van der Waals surface area contributed by atoms with E-state index in [1.807, 2.05) is 36.4 Å². The second-order valence-corrected chi connectivity index (χ2v) is 14.9. The molecule has 1 aromatic heterocycles. The number of nitrogens with one attached hydrogen (secondary N) is 4. The summed E-state index contributed by atoms with van der Waals surface area (Å²) < 4.78 is 11.4. The van der Waals surface area contributed by atoms with Crippen molar-refractivity contribution in [1.82, 2.24) is 25.8 Å². The second kappa shape index (κ2) is 18.9. The Morgan fingerprint density at radius 2 is 1.64 bits per heavy atom. The highest BCUT2D eigenvalue weighted by Gasteiger charge is 2.37. The van der Waals surface area contributed by atoms with E-state index in [1.165, 1.54) is 12.1 Å². The maximum atomic E-state index is 13.3. The predicted molar refractivity (Wildman–Crippen MR) is 218 cm³/mol. The number of esters is 1. The number of aliphatic hydroxyl groups is 1. The molecule has 4 aromatic carbocycles. The fourth-order valence-electron chi connectivity index (χ4n) is 7.74. The van der Waals surface area contributed by atoms with Gasteiger partial charge in [0.1, 0.15) is 11.9 Å². The van der Waals surface area contributed by atoms with Gasteiger partial charge in [-0.05, 0) is 110 Å². The Kier molecular flexibility index (Phi) is 13.1. The van der Waals surface area contributed by atoms with Gasteiger partial charge in [0.25, 0.3) is 5.91 Å². The van der Waals surface area contributed by atoms with Gasteiger partial charge < -0.3 is 40.6 Å². The molecule has 4 heterocycles. The van der Waals surface area contributed by atoms with Crippen molar-refractivity contribution >= 4 is 28.9 Å². The Morgan fingerprint density at radius 1 is 0.862 bits per heavy atom. The number of carbonyl (C=O) groups is 3. The van der Waals surface area contributed by atoms with Crippen LogP contribution in [0.4, 0.5) is 4.79 Å². The maximum Gasteiger partial charge on any atom is 0.408 e. The van der Waals surface area contributed by atoms with Crippen LogP contribution in [0.15, 0.2) is 108 Å². The third kappa shape index (κ3) is 10.1. The van der Waals surface area contributed by atoms with Crippen LogP contribution < -0.4 is 21.5 Å². The van der Waals surface area contributed by atoms with Crippen molar-refractivity contribution in [3.05, 3.63) is 147 Å². The number of hydrogen-bond acceptors (Lipinski definition) is 10. The minimum Gasteiger partial charge on any atom is -0.506 e. The molecule has 302 valence electrons. The number of amides is 2. The summed E-state index contributed by atoms with van der Waals surface area (Å²) in [5, 5.41) is 30.6. The van der Waals surface area contributed by atoms with Gasteiger partial charge in [-0.3, -0.25) is 14.5 Å². The van der Waals surface area contributed by atoms with E-state index in [0.717, 1.165) is 49.2 Å². The number of H-pyrrole nitrogens is 1.